The van der Waals surface area contributed by atoms with Crippen molar-refractivity contribution in [3.8, 4) is 0 Å². The molecule has 5 nitrogen and oxygen atoms in total. The fourth-order valence-corrected chi connectivity index (χ4v) is 2.30. The SMILES string of the molecule is COCCCNc1ccc(C(=O)Nc2ccc(Cl)cc2C(F)(F)F)nc1. The number of methoxy groups -OCH3 is 1. The van der Waals surface area contributed by atoms with Gasteiger partial charge in [-0.3, -0.25) is 4.79 Å². The first kappa shape index (κ1) is 20.0. The molecule has 0 radical (unpaired) electrons. The van der Waals surface area contributed by atoms with Crippen LogP contribution in [-0.4, -0.2) is 31.2 Å². The van der Waals surface area contributed by atoms with Crippen LogP contribution in [0.5, 0.6) is 0 Å². The van der Waals surface area contributed by atoms with E-state index in [1.54, 1.807) is 13.2 Å². The van der Waals surface area contributed by atoms with Gasteiger partial charge in [0.2, 0.25) is 0 Å². The summed E-state index contributed by atoms with van der Waals surface area (Å²) in [6.07, 6.45) is -2.40. The van der Waals surface area contributed by atoms with E-state index in [9.17, 15) is 18.0 Å². The van der Waals surface area contributed by atoms with E-state index in [-0.39, 0.29) is 16.4 Å². The van der Waals surface area contributed by atoms with Crippen molar-refractivity contribution in [2.24, 2.45) is 0 Å². The highest BCUT2D eigenvalue weighted by Crippen LogP contribution is 2.36. The normalized spacial score (nSPS) is 11.3. The molecule has 0 unspecified atom stereocenters. The molecule has 1 amide bonds. The third-order valence-corrected chi connectivity index (χ3v) is 3.62. The maximum atomic E-state index is 13.1. The van der Waals surface area contributed by atoms with Gasteiger partial charge in [0.1, 0.15) is 5.69 Å². The molecule has 9 heteroatoms. The minimum atomic E-state index is -4.64. The number of carbonyl (C=O) groups is 1. The van der Waals surface area contributed by atoms with Crippen LogP contribution in [-0.2, 0) is 10.9 Å². The van der Waals surface area contributed by atoms with Gasteiger partial charge in [0.15, 0.2) is 0 Å². The van der Waals surface area contributed by atoms with Crippen LogP contribution in [0.1, 0.15) is 22.5 Å². The highest BCUT2D eigenvalue weighted by molar-refractivity contribution is 6.30. The molecule has 0 atom stereocenters. The van der Waals surface area contributed by atoms with E-state index in [4.69, 9.17) is 16.3 Å². The molecule has 0 fully saturated rings. The average Bonchev–Trinajstić information content (AvgIpc) is 2.60. The topological polar surface area (TPSA) is 63.2 Å². The molecule has 2 aromatic rings. The van der Waals surface area contributed by atoms with Gasteiger partial charge in [0.25, 0.3) is 5.91 Å². The Labute approximate surface area is 153 Å². The molecule has 26 heavy (non-hydrogen) atoms. The first-order chi connectivity index (χ1) is 12.3. The molecule has 0 aliphatic heterocycles. The second-order valence-corrected chi connectivity index (χ2v) is 5.78. The molecule has 0 saturated carbocycles. The Morgan fingerprint density at radius 1 is 1.27 bits per heavy atom. The van der Waals surface area contributed by atoms with Crippen LogP contribution in [0.15, 0.2) is 36.5 Å². The van der Waals surface area contributed by atoms with Crippen molar-refractivity contribution in [1.82, 2.24) is 4.98 Å². The zero-order valence-electron chi connectivity index (χ0n) is 13.9. The molecule has 2 rings (SSSR count). The molecule has 0 aliphatic carbocycles. The summed E-state index contributed by atoms with van der Waals surface area (Å²) >= 11 is 5.62. The predicted octanol–water partition coefficient (Wildman–Crippen LogP) is 4.45. The van der Waals surface area contributed by atoms with Crippen LogP contribution in [0.2, 0.25) is 5.02 Å². The largest absolute Gasteiger partial charge is 0.418 e. The Bertz CT molecular complexity index is 752. The van der Waals surface area contributed by atoms with Gasteiger partial charge in [0, 0.05) is 25.3 Å². The average molecular weight is 388 g/mol. The molecule has 2 N–H and O–H groups in total. The number of pyridine rings is 1. The first-order valence-corrected chi connectivity index (χ1v) is 8.06. The van der Waals surface area contributed by atoms with Crippen LogP contribution in [0.25, 0.3) is 0 Å². The van der Waals surface area contributed by atoms with Crippen LogP contribution in [0.3, 0.4) is 0 Å². The Hall–Kier alpha value is -2.32. The molecular formula is C17H17ClF3N3O2. The lowest BCUT2D eigenvalue weighted by molar-refractivity contribution is -0.136. The molecule has 0 bridgehead atoms. The van der Waals surface area contributed by atoms with Crippen LogP contribution >= 0.6 is 11.6 Å². The summed E-state index contributed by atoms with van der Waals surface area (Å²) in [5.74, 6) is -0.747. The number of amides is 1. The lowest BCUT2D eigenvalue weighted by Gasteiger charge is -2.14. The van der Waals surface area contributed by atoms with Gasteiger partial charge in [-0.2, -0.15) is 13.2 Å². The molecule has 140 valence electrons. The molecule has 0 aliphatic rings. The van der Waals surface area contributed by atoms with E-state index in [1.807, 2.05) is 0 Å². The summed E-state index contributed by atoms with van der Waals surface area (Å²) in [4.78, 5) is 16.1. The highest BCUT2D eigenvalue weighted by atomic mass is 35.5. The third kappa shape index (κ3) is 5.60. The molecule has 0 saturated heterocycles. The second-order valence-electron chi connectivity index (χ2n) is 5.35. The summed E-state index contributed by atoms with van der Waals surface area (Å²) in [7, 11) is 1.61. The van der Waals surface area contributed by atoms with Gasteiger partial charge < -0.3 is 15.4 Å². The summed E-state index contributed by atoms with van der Waals surface area (Å²) in [6, 6.07) is 6.19. The van der Waals surface area contributed by atoms with Gasteiger partial charge in [0.05, 0.1) is 23.1 Å². The zero-order chi connectivity index (χ0) is 19.2. The lowest BCUT2D eigenvalue weighted by atomic mass is 10.1. The summed E-state index contributed by atoms with van der Waals surface area (Å²) < 4.78 is 44.1. The maximum absolute atomic E-state index is 13.1. The molecular weight excluding hydrogens is 371 g/mol. The minimum absolute atomic E-state index is 0.00415. The number of nitrogens with one attached hydrogen (secondary N) is 2. The Balaban J connectivity index is 2.06. The standard InChI is InChI=1S/C17H17ClF3N3O2/c1-26-8-2-7-22-12-4-6-15(23-10-12)16(25)24-14-5-3-11(18)9-13(14)17(19,20)21/h3-6,9-10,22H,2,7-8H2,1H3,(H,24,25). The van der Waals surface area contributed by atoms with Crippen molar-refractivity contribution in [1.29, 1.82) is 0 Å². The minimum Gasteiger partial charge on any atom is -0.385 e. The van der Waals surface area contributed by atoms with Crippen molar-refractivity contribution in [2.75, 3.05) is 30.9 Å². The summed E-state index contributed by atoms with van der Waals surface area (Å²) in [5.41, 5.74) is -0.708. The van der Waals surface area contributed by atoms with Crippen molar-refractivity contribution >= 4 is 28.9 Å². The number of anilines is 2. The number of hydrogen-bond acceptors (Lipinski definition) is 4. The molecule has 1 aromatic carbocycles. The number of aromatic nitrogens is 1. The van der Waals surface area contributed by atoms with Gasteiger partial charge in [-0.15, -0.1) is 0 Å². The molecule has 0 spiro atoms. The van der Waals surface area contributed by atoms with Crippen LogP contribution < -0.4 is 10.6 Å². The summed E-state index contributed by atoms with van der Waals surface area (Å²) in [6.45, 7) is 1.28. The number of rotatable bonds is 7. The Morgan fingerprint density at radius 2 is 2.04 bits per heavy atom. The Morgan fingerprint density at radius 3 is 2.65 bits per heavy atom. The second kappa shape index (κ2) is 8.86. The number of benzene rings is 1. The van der Waals surface area contributed by atoms with E-state index in [2.05, 4.69) is 15.6 Å². The van der Waals surface area contributed by atoms with E-state index in [0.29, 0.717) is 18.8 Å². The van der Waals surface area contributed by atoms with E-state index in [1.165, 1.54) is 18.3 Å². The van der Waals surface area contributed by atoms with Crippen LogP contribution in [0.4, 0.5) is 24.5 Å². The molecule has 1 heterocycles. The first-order valence-electron chi connectivity index (χ1n) is 7.68. The Kier molecular flexibility index (Phi) is 6.82. The smallest absolute Gasteiger partial charge is 0.385 e. The predicted molar refractivity (Wildman–Crippen MR) is 93.6 cm³/mol. The van der Waals surface area contributed by atoms with Crippen LogP contribution in [0, 0.1) is 0 Å². The highest BCUT2D eigenvalue weighted by Gasteiger charge is 2.34. The number of nitrogens with zero attached hydrogens (tertiary/aromatic N) is 1. The quantitative estimate of drug-likeness (QED) is 0.689. The third-order valence-electron chi connectivity index (χ3n) is 3.39. The van der Waals surface area contributed by atoms with Gasteiger partial charge >= 0.3 is 6.18 Å². The maximum Gasteiger partial charge on any atom is 0.418 e. The number of alkyl halides is 3. The van der Waals surface area contributed by atoms with Crippen molar-refractivity contribution in [2.45, 2.75) is 12.6 Å². The van der Waals surface area contributed by atoms with Gasteiger partial charge in [-0.1, -0.05) is 11.6 Å². The number of ether oxygens (including phenoxy) is 1. The number of halogens is 4. The number of carbonyl (C=O) groups excluding carboxylic acids is 1. The fourth-order valence-electron chi connectivity index (χ4n) is 2.13. The van der Waals surface area contributed by atoms with Gasteiger partial charge in [-0.05, 0) is 36.8 Å². The number of hydrogen-bond donors (Lipinski definition) is 2. The van der Waals surface area contributed by atoms with Crippen molar-refractivity contribution in [3.63, 3.8) is 0 Å². The fraction of sp³-hybridized carbons (Fsp3) is 0.294. The lowest BCUT2D eigenvalue weighted by Crippen LogP contribution is -2.17. The van der Waals surface area contributed by atoms with Gasteiger partial charge in [-0.25, -0.2) is 4.98 Å². The van der Waals surface area contributed by atoms with Crippen molar-refractivity contribution in [3.05, 3.63) is 52.8 Å². The van der Waals surface area contributed by atoms with E-state index >= 15 is 0 Å². The monoisotopic (exact) mass is 387 g/mol. The zero-order valence-corrected chi connectivity index (χ0v) is 14.6. The summed E-state index contributed by atoms with van der Waals surface area (Å²) in [5, 5.41) is 5.24. The molecule has 1 aromatic heterocycles. The van der Waals surface area contributed by atoms with E-state index < -0.39 is 17.6 Å². The van der Waals surface area contributed by atoms with E-state index in [0.717, 1.165) is 18.6 Å². The van der Waals surface area contributed by atoms with Crippen molar-refractivity contribution < 1.29 is 22.7 Å².